The molecule has 0 saturated heterocycles. The van der Waals surface area contributed by atoms with Crippen LogP contribution in [0.25, 0.3) is 0 Å². The van der Waals surface area contributed by atoms with Crippen LogP contribution in [0.1, 0.15) is 16.7 Å². The fraction of sp³-hybridized carbons (Fsp3) is 0.130. The van der Waals surface area contributed by atoms with Gasteiger partial charge in [-0.25, -0.2) is 5.43 Å². The highest BCUT2D eigenvalue weighted by atomic mass is 79.9. The first-order valence-electron chi connectivity index (χ1n) is 9.55. The number of halogens is 1. The summed E-state index contributed by atoms with van der Waals surface area (Å²) < 4.78 is 12.2. The second-order valence-corrected chi connectivity index (χ2v) is 7.60. The van der Waals surface area contributed by atoms with Crippen molar-refractivity contribution in [2.75, 3.05) is 7.11 Å². The first-order chi connectivity index (χ1) is 15.5. The van der Waals surface area contributed by atoms with Gasteiger partial charge in [-0.05, 0) is 41.5 Å². The molecule has 0 aliphatic carbocycles. The van der Waals surface area contributed by atoms with Gasteiger partial charge in [0.1, 0.15) is 6.61 Å². The number of hydrogen-bond donors (Lipinski definition) is 1. The lowest BCUT2D eigenvalue weighted by atomic mass is 10.1. The molecule has 0 spiro atoms. The van der Waals surface area contributed by atoms with Crippen LogP contribution in [-0.4, -0.2) is 24.2 Å². The quantitative estimate of drug-likeness (QED) is 0.263. The molecule has 0 aliphatic heterocycles. The average Bonchev–Trinajstić information content (AvgIpc) is 2.79. The predicted octanol–water partition coefficient (Wildman–Crippen LogP) is 4.64. The molecule has 3 aromatic rings. The topological polar surface area (TPSA) is 103 Å². The number of nitrogens with one attached hydrogen (secondary N) is 1. The zero-order valence-electron chi connectivity index (χ0n) is 17.2. The molecular weight excluding hydrogens is 478 g/mol. The largest absolute Gasteiger partial charge is 0.493 e. The van der Waals surface area contributed by atoms with Crippen LogP contribution >= 0.6 is 15.9 Å². The van der Waals surface area contributed by atoms with E-state index in [1.165, 1.54) is 19.4 Å². The number of methoxy groups -OCH3 is 1. The van der Waals surface area contributed by atoms with Crippen molar-refractivity contribution in [2.24, 2.45) is 5.10 Å². The standard InChI is InChI=1S/C23H20BrN3O5/c1-31-22-12-17(8-11-21(22)32-15-16-6-9-19(24)10-7-16)14-25-26-23(28)13-18-4-2-3-5-20(18)27(29)30/h2-12,14H,13,15H2,1H3,(H,26,28). The van der Waals surface area contributed by atoms with Crippen LogP contribution in [0.15, 0.2) is 76.3 Å². The summed E-state index contributed by atoms with van der Waals surface area (Å²) in [5, 5.41) is 15.0. The second kappa shape index (κ2) is 11.1. The number of nitrogens with zero attached hydrogens (tertiary/aromatic N) is 2. The van der Waals surface area contributed by atoms with Crippen molar-refractivity contribution in [3.8, 4) is 11.5 Å². The van der Waals surface area contributed by atoms with Gasteiger partial charge < -0.3 is 9.47 Å². The van der Waals surface area contributed by atoms with E-state index in [4.69, 9.17) is 9.47 Å². The van der Waals surface area contributed by atoms with Crippen LogP contribution in [0.5, 0.6) is 11.5 Å². The number of nitro groups is 1. The number of benzene rings is 3. The fourth-order valence-corrected chi connectivity index (χ4v) is 3.12. The van der Waals surface area contributed by atoms with E-state index in [2.05, 4.69) is 26.5 Å². The van der Waals surface area contributed by atoms with Crippen LogP contribution in [0.4, 0.5) is 5.69 Å². The number of para-hydroxylation sites is 1. The van der Waals surface area contributed by atoms with Crippen molar-refractivity contribution in [2.45, 2.75) is 13.0 Å². The van der Waals surface area contributed by atoms with Gasteiger partial charge in [0.25, 0.3) is 5.69 Å². The molecule has 0 aliphatic rings. The second-order valence-electron chi connectivity index (χ2n) is 6.68. The molecule has 1 amide bonds. The first kappa shape index (κ1) is 23.0. The molecule has 0 heterocycles. The number of hydrogen-bond acceptors (Lipinski definition) is 6. The lowest BCUT2D eigenvalue weighted by molar-refractivity contribution is -0.385. The number of hydrazone groups is 1. The van der Waals surface area contributed by atoms with Crippen molar-refractivity contribution in [1.82, 2.24) is 5.43 Å². The highest BCUT2D eigenvalue weighted by molar-refractivity contribution is 9.10. The smallest absolute Gasteiger partial charge is 0.273 e. The van der Waals surface area contributed by atoms with Crippen molar-refractivity contribution >= 4 is 33.7 Å². The number of nitro benzene ring substituents is 1. The van der Waals surface area contributed by atoms with E-state index >= 15 is 0 Å². The van der Waals surface area contributed by atoms with Crippen LogP contribution in [0.3, 0.4) is 0 Å². The van der Waals surface area contributed by atoms with Gasteiger partial charge in [0.2, 0.25) is 5.91 Å². The number of rotatable bonds is 9. The molecule has 3 rings (SSSR count). The van der Waals surface area contributed by atoms with Crippen molar-refractivity contribution in [1.29, 1.82) is 0 Å². The van der Waals surface area contributed by atoms with Crippen molar-refractivity contribution in [3.63, 3.8) is 0 Å². The molecule has 1 N–H and O–H groups in total. The zero-order valence-corrected chi connectivity index (χ0v) is 18.7. The van der Waals surface area contributed by atoms with Crippen LogP contribution in [0, 0.1) is 10.1 Å². The van der Waals surface area contributed by atoms with Gasteiger partial charge >= 0.3 is 0 Å². The molecule has 0 saturated carbocycles. The van der Waals surface area contributed by atoms with Crippen LogP contribution < -0.4 is 14.9 Å². The summed E-state index contributed by atoms with van der Waals surface area (Å²) in [5.41, 5.74) is 4.30. The summed E-state index contributed by atoms with van der Waals surface area (Å²) in [6.45, 7) is 0.388. The molecule has 8 nitrogen and oxygen atoms in total. The molecular formula is C23H20BrN3O5. The maximum atomic E-state index is 12.1. The Morgan fingerprint density at radius 3 is 2.59 bits per heavy atom. The third-order valence-corrected chi connectivity index (χ3v) is 4.97. The summed E-state index contributed by atoms with van der Waals surface area (Å²) in [6.07, 6.45) is 1.30. The minimum absolute atomic E-state index is 0.102. The minimum Gasteiger partial charge on any atom is -0.493 e. The highest BCUT2D eigenvalue weighted by Gasteiger charge is 2.15. The van der Waals surface area contributed by atoms with E-state index < -0.39 is 10.8 Å². The van der Waals surface area contributed by atoms with Gasteiger partial charge in [-0.2, -0.15) is 5.10 Å². The molecule has 32 heavy (non-hydrogen) atoms. The first-order valence-corrected chi connectivity index (χ1v) is 10.3. The molecule has 0 aromatic heterocycles. The van der Waals surface area contributed by atoms with Gasteiger partial charge in [-0.15, -0.1) is 0 Å². The third-order valence-electron chi connectivity index (χ3n) is 4.44. The summed E-state index contributed by atoms with van der Waals surface area (Å²) in [4.78, 5) is 22.6. The number of ether oxygens (including phenoxy) is 2. The Balaban J connectivity index is 1.59. The van der Waals surface area contributed by atoms with E-state index in [0.717, 1.165) is 10.0 Å². The predicted molar refractivity (Wildman–Crippen MR) is 124 cm³/mol. The Hall–Kier alpha value is -3.72. The highest BCUT2D eigenvalue weighted by Crippen LogP contribution is 2.28. The summed E-state index contributed by atoms with van der Waals surface area (Å²) in [6, 6.07) is 19.2. The van der Waals surface area contributed by atoms with Gasteiger partial charge in [-0.3, -0.25) is 14.9 Å². The van der Waals surface area contributed by atoms with E-state index in [-0.39, 0.29) is 12.1 Å². The molecule has 0 bridgehead atoms. The van der Waals surface area contributed by atoms with E-state index in [1.807, 2.05) is 24.3 Å². The molecule has 0 fully saturated rings. The molecule has 0 atom stereocenters. The maximum absolute atomic E-state index is 12.1. The SMILES string of the molecule is COc1cc(C=NNC(=O)Cc2ccccc2[N+](=O)[O-])ccc1OCc1ccc(Br)cc1. The van der Waals surface area contributed by atoms with Crippen molar-refractivity contribution < 1.29 is 19.2 Å². The maximum Gasteiger partial charge on any atom is 0.273 e. The molecule has 0 unspecified atom stereocenters. The Labute approximate surface area is 193 Å². The zero-order chi connectivity index (χ0) is 22.9. The normalized spacial score (nSPS) is 10.7. The van der Waals surface area contributed by atoms with Gasteiger partial charge in [-0.1, -0.05) is 46.3 Å². The molecule has 164 valence electrons. The van der Waals surface area contributed by atoms with Crippen LogP contribution in [0.2, 0.25) is 0 Å². The lowest BCUT2D eigenvalue weighted by Gasteiger charge is -2.11. The van der Waals surface area contributed by atoms with Crippen LogP contribution in [-0.2, 0) is 17.8 Å². The van der Waals surface area contributed by atoms with E-state index in [0.29, 0.717) is 29.2 Å². The van der Waals surface area contributed by atoms with Gasteiger partial charge in [0, 0.05) is 16.1 Å². The number of amides is 1. The summed E-state index contributed by atoms with van der Waals surface area (Å²) in [7, 11) is 1.54. The Bertz CT molecular complexity index is 1130. The number of carbonyl (C=O) groups is 1. The van der Waals surface area contributed by atoms with Gasteiger partial charge in [0.15, 0.2) is 11.5 Å². The molecule has 3 aromatic carbocycles. The van der Waals surface area contributed by atoms with Crippen molar-refractivity contribution in [3.05, 3.63) is 98.0 Å². The Kier molecular flexibility index (Phi) is 7.93. The Morgan fingerprint density at radius 2 is 1.88 bits per heavy atom. The third kappa shape index (κ3) is 6.39. The fourth-order valence-electron chi connectivity index (χ4n) is 2.86. The minimum atomic E-state index is -0.515. The Morgan fingerprint density at radius 1 is 1.12 bits per heavy atom. The lowest BCUT2D eigenvalue weighted by Crippen LogP contribution is -2.20. The summed E-state index contributed by atoms with van der Waals surface area (Å²) in [5.74, 6) is 0.641. The van der Waals surface area contributed by atoms with E-state index in [9.17, 15) is 14.9 Å². The van der Waals surface area contributed by atoms with Gasteiger partial charge in [0.05, 0.1) is 24.7 Å². The summed E-state index contributed by atoms with van der Waals surface area (Å²) >= 11 is 3.40. The number of carbonyl (C=O) groups excluding carboxylic acids is 1. The molecule has 9 heteroatoms. The molecule has 0 radical (unpaired) electrons. The average molecular weight is 498 g/mol. The van der Waals surface area contributed by atoms with E-state index in [1.54, 1.807) is 36.4 Å². The monoisotopic (exact) mass is 497 g/mol.